The van der Waals surface area contributed by atoms with Gasteiger partial charge in [0.2, 0.25) is 0 Å². The first-order chi connectivity index (χ1) is 14.1. The zero-order valence-electron chi connectivity index (χ0n) is 19.0. The van der Waals surface area contributed by atoms with Gasteiger partial charge in [0.05, 0.1) is 11.8 Å². The molecule has 0 heterocycles. The number of aliphatic hydroxyl groups excluding tert-OH is 1. The fourth-order valence-corrected chi connectivity index (χ4v) is 8.21. The lowest BCUT2D eigenvalue weighted by atomic mass is 9.46. The van der Waals surface area contributed by atoms with Gasteiger partial charge in [-0.25, -0.2) is 0 Å². The zero-order valence-corrected chi connectivity index (χ0v) is 19.0. The number of ether oxygens (including phenoxy) is 2. The molecule has 0 aromatic rings. The molecule has 0 amide bonds. The second kappa shape index (κ2) is 7.33. The number of fused-ring (bicyclic) bond motifs is 5. The van der Waals surface area contributed by atoms with E-state index < -0.39 is 11.7 Å². The molecule has 0 radical (unpaired) electrons. The van der Waals surface area contributed by atoms with Crippen LogP contribution in [-0.2, 0) is 14.3 Å². The van der Waals surface area contributed by atoms with Gasteiger partial charge in [-0.1, -0.05) is 30.7 Å². The van der Waals surface area contributed by atoms with E-state index in [-0.39, 0.29) is 22.9 Å². The Bertz CT molecular complexity index is 778. The van der Waals surface area contributed by atoms with Crippen LogP contribution in [-0.4, -0.2) is 46.9 Å². The minimum atomic E-state index is -0.935. The number of carbonyl (C=O) groups is 1. The van der Waals surface area contributed by atoms with Gasteiger partial charge in [0.15, 0.2) is 0 Å². The Kier molecular flexibility index (Phi) is 5.33. The van der Waals surface area contributed by atoms with E-state index in [0.29, 0.717) is 29.9 Å². The van der Waals surface area contributed by atoms with Gasteiger partial charge >= 0.3 is 5.97 Å². The van der Waals surface area contributed by atoms with Crippen molar-refractivity contribution in [1.29, 1.82) is 0 Å². The first-order valence-corrected chi connectivity index (χ1v) is 11.4. The molecule has 0 unspecified atom stereocenters. The van der Waals surface area contributed by atoms with Gasteiger partial charge in [0.1, 0.15) is 11.7 Å². The molecule has 0 bridgehead atoms. The second-order valence-corrected chi connectivity index (χ2v) is 10.6. The van der Waals surface area contributed by atoms with E-state index in [1.54, 1.807) is 14.0 Å². The van der Waals surface area contributed by atoms with Crippen LogP contribution in [0.3, 0.4) is 0 Å². The molecule has 0 aromatic carbocycles. The van der Waals surface area contributed by atoms with Crippen LogP contribution in [0.4, 0.5) is 0 Å². The molecular weight excluding hydrogens is 382 g/mol. The molecule has 4 aliphatic carbocycles. The molecule has 0 aliphatic heterocycles. The average Bonchev–Trinajstić information content (AvgIpc) is 2.94. The third-order valence-corrected chi connectivity index (χ3v) is 9.59. The molecule has 0 aromatic heterocycles. The summed E-state index contributed by atoms with van der Waals surface area (Å²) in [5.74, 6) is 1.15. The summed E-state index contributed by atoms with van der Waals surface area (Å²) in [6, 6.07) is 0. The van der Waals surface area contributed by atoms with Gasteiger partial charge in [0, 0.05) is 25.9 Å². The number of carbonyl (C=O) groups excluding carboxylic acids is 1. The quantitative estimate of drug-likeness (QED) is 0.236. The zero-order chi connectivity index (χ0) is 21.9. The van der Waals surface area contributed by atoms with Crippen LogP contribution in [0.1, 0.15) is 72.6 Å². The van der Waals surface area contributed by atoms with E-state index in [9.17, 15) is 15.1 Å². The van der Waals surface area contributed by atoms with Gasteiger partial charge in [-0.15, -0.1) is 0 Å². The number of allylic oxidation sites excluding steroid dienone is 1. The molecule has 8 atom stereocenters. The summed E-state index contributed by atoms with van der Waals surface area (Å²) < 4.78 is 11.5. The standard InChI is InChI=1S/C24H37NO5/c1-14(25-28)24(29-5)21(27)13-20-18-7-6-16-12-17(30-15(2)26)8-10-22(16,3)19(18)9-11-23(20,24)4/h6,17-21,27-28H,7-13H2,1-5H3/b25-14-/t17-,18-,19+,20+,21-,22+,23+,24-/m1/s1. The van der Waals surface area contributed by atoms with Gasteiger partial charge in [-0.05, 0) is 68.6 Å². The smallest absolute Gasteiger partial charge is 0.302 e. The van der Waals surface area contributed by atoms with Crippen LogP contribution < -0.4 is 0 Å². The first-order valence-electron chi connectivity index (χ1n) is 11.4. The molecule has 30 heavy (non-hydrogen) atoms. The van der Waals surface area contributed by atoms with Gasteiger partial charge < -0.3 is 19.8 Å². The Labute approximate surface area is 179 Å². The predicted molar refractivity (Wildman–Crippen MR) is 113 cm³/mol. The van der Waals surface area contributed by atoms with Crippen LogP contribution in [0.15, 0.2) is 16.8 Å². The third-order valence-electron chi connectivity index (χ3n) is 9.59. The summed E-state index contributed by atoms with van der Waals surface area (Å²) >= 11 is 0. The largest absolute Gasteiger partial charge is 0.462 e. The molecule has 6 heteroatoms. The maximum atomic E-state index is 11.4. The van der Waals surface area contributed by atoms with Crippen LogP contribution in [0.2, 0.25) is 0 Å². The average molecular weight is 420 g/mol. The Morgan fingerprint density at radius 3 is 2.57 bits per heavy atom. The van der Waals surface area contributed by atoms with E-state index in [1.165, 1.54) is 12.5 Å². The number of esters is 1. The minimum Gasteiger partial charge on any atom is -0.462 e. The van der Waals surface area contributed by atoms with Gasteiger partial charge in [0.25, 0.3) is 0 Å². The predicted octanol–water partition coefficient (Wildman–Crippen LogP) is 4.09. The molecule has 4 rings (SSSR count). The maximum absolute atomic E-state index is 11.4. The molecule has 0 saturated heterocycles. The monoisotopic (exact) mass is 419 g/mol. The fourth-order valence-electron chi connectivity index (χ4n) is 8.21. The number of methoxy groups -OCH3 is 1. The summed E-state index contributed by atoms with van der Waals surface area (Å²) in [5, 5.41) is 24.2. The van der Waals surface area contributed by atoms with Crippen molar-refractivity contribution in [1.82, 2.24) is 0 Å². The van der Waals surface area contributed by atoms with Gasteiger partial charge in [-0.3, -0.25) is 4.79 Å². The highest BCUT2D eigenvalue weighted by molar-refractivity contribution is 5.92. The Hall–Kier alpha value is -1.40. The maximum Gasteiger partial charge on any atom is 0.302 e. The number of hydrogen-bond donors (Lipinski definition) is 2. The SMILES string of the molecule is CO[C@]1(/C(C)=N\O)[C@H](O)C[C@H]2[C@@H]3CC=C4C[C@H](OC(C)=O)CC[C@]4(C)[C@H]3CC[C@@]21C. The van der Waals surface area contributed by atoms with Crippen molar-refractivity contribution in [3.63, 3.8) is 0 Å². The van der Waals surface area contributed by atoms with Crippen molar-refractivity contribution < 1.29 is 24.6 Å². The van der Waals surface area contributed by atoms with Crippen molar-refractivity contribution in [2.75, 3.05) is 7.11 Å². The molecule has 6 nitrogen and oxygen atoms in total. The summed E-state index contributed by atoms with van der Waals surface area (Å²) in [6.45, 7) is 7.88. The molecule has 4 aliphatic rings. The van der Waals surface area contributed by atoms with Crippen molar-refractivity contribution in [2.24, 2.45) is 33.7 Å². The summed E-state index contributed by atoms with van der Waals surface area (Å²) in [6.07, 6.45) is 8.20. The number of hydrogen-bond acceptors (Lipinski definition) is 6. The highest BCUT2D eigenvalue weighted by Crippen LogP contribution is 2.68. The van der Waals surface area contributed by atoms with Crippen LogP contribution in [0, 0.1) is 28.6 Å². The molecule has 2 N–H and O–H groups in total. The Morgan fingerprint density at radius 1 is 1.20 bits per heavy atom. The Balaban J connectivity index is 1.66. The number of rotatable bonds is 3. The Morgan fingerprint density at radius 2 is 1.93 bits per heavy atom. The number of aliphatic hydroxyl groups is 1. The highest BCUT2D eigenvalue weighted by Gasteiger charge is 2.69. The minimum absolute atomic E-state index is 0.00471. The van der Waals surface area contributed by atoms with E-state index in [2.05, 4.69) is 25.1 Å². The lowest BCUT2D eigenvalue weighted by molar-refractivity contribution is -0.149. The molecule has 3 fully saturated rings. The van der Waals surface area contributed by atoms with E-state index in [0.717, 1.165) is 38.5 Å². The van der Waals surface area contributed by atoms with Gasteiger partial charge in [-0.2, -0.15) is 0 Å². The van der Waals surface area contributed by atoms with Crippen LogP contribution in [0.5, 0.6) is 0 Å². The summed E-state index contributed by atoms with van der Waals surface area (Å²) in [4.78, 5) is 11.4. The first kappa shape index (κ1) is 21.8. The molecule has 0 spiro atoms. The summed E-state index contributed by atoms with van der Waals surface area (Å²) in [5.41, 5.74) is 0.852. The fraction of sp³-hybridized carbons (Fsp3) is 0.833. The molecular formula is C24H37NO5. The number of nitrogens with zero attached hydrogens (tertiary/aromatic N) is 1. The normalized spacial score (nSPS) is 48.3. The third kappa shape index (κ3) is 2.75. The lowest BCUT2D eigenvalue weighted by Crippen LogP contribution is -2.60. The van der Waals surface area contributed by atoms with Crippen molar-refractivity contribution in [2.45, 2.75) is 90.4 Å². The molecule has 3 saturated carbocycles. The van der Waals surface area contributed by atoms with Crippen LogP contribution in [0.25, 0.3) is 0 Å². The van der Waals surface area contributed by atoms with E-state index >= 15 is 0 Å². The second-order valence-electron chi connectivity index (χ2n) is 10.6. The van der Waals surface area contributed by atoms with Crippen LogP contribution >= 0.6 is 0 Å². The van der Waals surface area contributed by atoms with Crippen molar-refractivity contribution >= 4 is 11.7 Å². The highest BCUT2D eigenvalue weighted by atomic mass is 16.5. The van der Waals surface area contributed by atoms with E-state index in [4.69, 9.17) is 9.47 Å². The van der Waals surface area contributed by atoms with Crippen molar-refractivity contribution in [3.05, 3.63) is 11.6 Å². The molecule has 168 valence electrons. The summed E-state index contributed by atoms with van der Waals surface area (Å²) in [7, 11) is 1.63. The topological polar surface area (TPSA) is 88.3 Å². The van der Waals surface area contributed by atoms with Crippen molar-refractivity contribution in [3.8, 4) is 0 Å². The van der Waals surface area contributed by atoms with E-state index in [1.807, 2.05) is 0 Å². The number of oxime groups is 1. The lowest BCUT2D eigenvalue weighted by Gasteiger charge is -2.59.